The van der Waals surface area contributed by atoms with Gasteiger partial charge in [0.2, 0.25) is 0 Å². The first-order chi connectivity index (χ1) is 8.99. The Hall–Kier alpha value is -1.17. The van der Waals surface area contributed by atoms with Crippen LogP contribution in [0.5, 0.6) is 0 Å². The van der Waals surface area contributed by atoms with Crippen molar-refractivity contribution in [2.24, 2.45) is 0 Å². The normalized spacial score (nSPS) is 19.9. The molecule has 0 bridgehead atoms. The fourth-order valence-electron chi connectivity index (χ4n) is 2.48. The summed E-state index contributed by atoms with van der Waals surface area (Å²) in [5.41, 5.74) is 1.74. The predicted molar refractivity (Wildman–Crippen MR) is 65.8 cm³/mol. The highest BCUT2D eigenvalue weighted by Gasteiger charge is 2.30. The van der Waals surface area contributed by atoms with Gasteiger partial charge in [0.25, 0.3) is 0 Å². The zero-order valence-electron chi connectivity index (χ0n) is 10.9. The van der Waals surface area contributed by atoms with Gasteiger partial charge < -0.3 is 5.32 Å². The van der Waals surface area contributed by atoms with Crippen LogP contribution in [0.25, 0.3) is 0 Å². The number of fused-ring (bicyclic) bond motifs is 1. The third kappa shape index (κ3) is 3.89. The summed E-state index contributed by atoms with van der Waals surface area (Å²) < 4.78 is 37.1. The van der Waals surface area contributed by atoms with Gasteiger partial charge in [0.1, 0.15) is 12.2 Å². The lowest BCUT2D eigenvalue weighted by Crippen LogP contribution is -2.22. The Bertz CT molecular complexity index is 432. The molecule has 0 spiro atoms. The first-order valence-electron chi connectivity index (χ1n) is 6.64. The molecular weight excluding hydrogens is 255 g/mol. The summed E-state index contributed by atoms with van der Waals surface area (Å²) in [6, 6.07) is 0.169. The van der Waals surface area contributed by atoms with Crippen molar-refractivity contribution < 1.29 is 13.2 Å². The molecule has 106 valence electrons. The number of nitrogens with one attached hydrogen (secondary N) is 1. The van der Waals surface area contributed by atoms with Gasteiger partial charge in [-0.2, -0.15) is 13.2 Å². The van der Waals surface area contributed by atoms with Gasteiger partial charge in [-0.05, 0) is 25.8 Å². The van der Waals surface area contributed by atoms with E-state index in [2.05, 4.69) is 15.3 Å². The van der Waals surface area contributed by atoms with E-state index in [1.165, 1.54) is 0 Å². The van der Waals surface area contributed by atoms with Crippen molar-refractivity contribution in [2.45, 2.75) is 51.2 Å². The summed E-state index contributed by atoms with van der Waals surface area (Å²) in [5, 5.41) is 3.35. The Morgan fingerprint density at radius 2 is 2.16 bits per heavy atom. The van der Waals surface area contributed by atoms with Gasteiger partial charge in [-0.15, -0.1) is 0 Å². The Morgan fingerprint density at radius 1 is 1.37 bits per heavy atom. The molecule has 1 aliphatic rings. The highest BCUT2D eigenvalue weighted by Crippen LogP contribution is 2.28. The highest BCUT2D eigenvalue weighted by atomic mass is 19.4. The molecule has 0 fully saturated rings. The van der Waals surface area contributed by atoms with Crippen molar-refractivity contribution in [3.63, 3.8) is 0 Å². The number of halogens is 3. The maximum absolute atomic E-state index is 12.4. The van der Waals surface area contributed by atoms with Gasteiger partial charge in [-0.3, -0.25) is 0 Å². The van der Waals surface area contributed by atoms with Crippen LogP contribution in [0.2, 0.25) is 0 Å². The number of hydrogen-bond acceptors (Lipinski definition) is 3. The van der Waals surface area contributed by atoms with Crippen LogP contribution in [-0.4, -0.2) is 22.7 Å². The second-order valence-corrected chi connectivity index (χ2v) is 4.84. The van der Waals surface area contributed by atoms with Crippen LogP contribution >= 0.6 is 0 Å². The topological polar surface area (TPSA) is 37.8 Å². The number of hydrogen-bond donors (Lipinski definition) is 1. The van der Waals surface area contributed by atoms with E-state index in [-0.39, 0.29) is 11.9 Å². The summed E-state index contributed by atoms with van der Waals surface area (Å²) in [6.45, 7) is 2.85. The summed E-state index contributed by atoms with van der Waals surface area (Å²) in [7, 11) is 0. The molecule has 3 nitrogen and oxygen atoms in total. The second kappa shape index (κ2) is 5.86. The van der Waals surface area contributed by atoms with Gasteiger partial charge >= 0.3 is 6.18 Å². The maximum atomic E-state index is 12.4. The smallest absolute Gasteiger partial charge is 0.310 e. The minimum Gasteiger partial charge on any atom is -0.310 e. The molecule has 0 amide bonds. The van der Waals surface area contributed by atoms with E-state index in [9.17, 15) is 13.2 Å². The predicted octanol–water partition coefficient (Wildman–Crippen LogP) is 2.96. The van der Waals surface area contributed by atoms with Crippen LogP contribution < -0.4 is 5.32 Å². The van der Waals surface area contributed by atoms with Crippen molar-refractivity contribution in [1.82, 2.24) is 15.3 Å². The standard InChI is InChI=1S/C13H18F3N3/c1-2-17-10-5-3-4-6-11-9(10)8-18-12(19-11)7-13(14,15)16/h8,10,17H,2-7H2,1H3. The van der Waals surface area contributed by atoms with E-state index in [0.717, 1.165) is 43.5 Å². The fourth-order valence-corrected chi connectivity index (χ4v) is 2.48. The van der Waals surface area contributed by atoms with Crippen LogP contribution in [0.3, 0.4) is 0 Å². The lowest BCUT2D eigenvalue weighted by Gasteiger charge is -2.18. The van der Waals surface area contributed by atoms with E-state index in [4.69, 9.17) is 0 Å². The molecule has 0 saturated carbocycles. The average Bonchev–Trinajstić information content (AvgIpc) is 2.50. The minimum atomic E-state index is -4.25. The van der Waals surface area contributed by atoms with Crippen LogP contribution in [0.1, 0.15) is 49.3 Å². The van der Waals surface area contributed by atoms with E-state index in [1.54, 1.807) is 6.20 Å². The number of aromatic nitrogens is 2. The first kappa shape index (κ1) is 14.2. The molecule has 1 aromatic heterocycles. The number of nitrogens with zero attached hydrogens (tertiary/aromatic N) is 2. The maximum Gasteiger partial charge on any atom is 0.396 e. The molecular formula is C13H18F3N3. The molecule has 6 heteroatoms. The number of rotatable bonds is 3. The van der Waals surface area contributed by atoms with Crippen molar-refractivity contribution in [2.75, 3.05) is 6.54 Å². The zero-order valence-corrected chi connectivity index (χ0v) is 10.9. The van der Waals surface area contributed by atoms with E-state index in [1.807, 2.05) is 6.92 Å². The SMILES string of the molecule is CCNC1CCCCc2nc(CC(F)(F)F)ncc21. The molecule has 1 N–H and O–H groups in total. The molecule has 1 unspecified atom stereocenters. The van der Waals surface area contributed by atoms with Gasteiger partial charge in [-0.25, -0.2) is 9.97 Å². The molecule has 0 aliphatic heterocycles. The van der Waals surface area contributed by atoms with Crippen molar-refractivity contribution in [1.29, 1.82) is 0 Å². The van der Waals surface area contributed by atoms with Crippen LogP contribution in [0, 0.1) is 0 Å². The van der Waals surface area contributed by atoms with E-state index < -0.39 is 12.6 Å². The third-order valence-corrected chi connectivity index (χ3v) is 3.29. The van der Waals surface area contributed by atoms with Crippen LogP contribution in [-0.2, 0) is 12.8 Å². The number of alkyl halides is 3. The molecule has 0 radical (unpaired) electrons. The summed E-state index contributed by atoms with van der Waals surface area (Å²) in [6.07, 6.45) is 0.0294. The zero-order chi connectivity index (χ0) is 13.9. The first-order valence-corrected chi connectivity index (χ1v) is 6.64. The lowest BCUT2D eigenvalue weighted by molar-refractivity contribution is -0.128. The van der Waals surface area contributed by atoms with Gasteiger partial charge in [0.15, 0.2) is 0 Å². The Balaban J connectivity index is 2.25. The molecule has 2 rings (SSSR count). The van der Waals surface area contributed by atoms with E-state index >= 15 is 0 Å². The van der Waals surface area contributed by atoms with Crippen LogP contribution in [0.4, 0.5) is 13.2 Å². The number of aryl methyl sites for hydroxylation is 1. The summed E-state index contributed by atoms with van der Waals surface area (Å²) >= 11 is 0. The lowest BCUT2D eigenvalue weighted by atomic mass is 10.0. The second-order valence-electron chi connectivity index (χ2n) is 4.84. The molecule has 0 aromatic carbocycles. The highest BCUT2D eigenvalue weighted by molar-refractivity contribution is 5.23. The molecule has 0 saturated heterocycles. The molecule has 1 atom stereocenters. The minimum absolute atomic E-state index is 0.122. The summed E-state index contributed by atoms with van der Waals surface area (Å²) in [5.74, 6) is -0.122. The molecule has 1 heterocycles. The summed E-state index contributed by atoms with van der Waals surface area (Å²) in [4.78, 5) is 8.00. The molecule has 1 aliphatic carbocycles. The van der Waals surface area contributed by atoms with Gasteiger partial charge in [0.05, 0.1) is 0 Å². The molecule has 19 heavy (non-hydrogen) atoms. The average molecular weight is 273 g/mol. The third-order valence-electron chi connectivity index (χ3n) is 3.29. The van der Waals surface area contributed by atoms with Gasteiger partial charge in [-0.1, -0.05) is 13.3 Å². The van der Waals surface area contributed by atoms with Crippen molar-refractivity contribution >= 4 is 0 Å². The molecule has 1 aromatic rings. The van der Waals surface area contributed by atoms with E-state index in [0.29, 0.717) is 0 Å². The monoisotopic (exact) mass is 273 g/mol. The Labute approximate surface area is 110 Å². The Kier molecular flexibility index (Phi) is 4.39. The van der Waals surface area contributed by atoms with Gasteiger partial charge in [0, 0.05) is 23.5 Å². The van der Waals surface area contributed by atoms with Crippen molar-refractivity contribution in [3.8, 4) is 0 Å². The largest absolute Gasteiger partial charge is 0.396 e. The fraction of sp³-hybridized carbons (Fsp3) is 0.692. The quantitative estimate of drug-likeness (QED) is 0.860. The van der Waals surface area contributed by atoms with Crippen molar-refractivity contribution in [3.05, 3.63) is 23.3 Å². The van der Waals surface area contributed by atoms with Crippen LogP contribution in [0.15, 0.2) is 6.20 Å². The Morgan fingerprint density at radius 3 is 2.84 bits per heavy atom.